The van der Waals surface area contributed by atoms with Crippen LogP contribution in [0.25, 0.3) is 0 Å². The highest BCUT2D eigenvalue weighted by atomic mass is 16.5. The predicted molar refractivity (Wildman–Crippen MR) is 67.1 cm³/mol. The Hall–Kier alpha value is -1.02. The maximum Gasteiger partial charge on any atom is 0.118 e. The van der Waals surface area contributed by atoms with Gasteiger partial charge in [0.05, 0.1) is 7.11 Å². The monoisotopic (exact) mass is 219 g/mol. The molecule has 0 unspecified atom stereocenters. The Kier molecular flexibility index (Phi) is 3.49. The van der Waals surface area contributed by atoms with E-state index in [9.17, 15) is 0 Å². The number of ether oxygens (including phenoxy) is 1. The summed E-state index contributed by atoms with van der Waals surface area (Å²) < 4.78 is 5.21. The van der Waals surface area contributed by atoms with Crippen LogP contribution >= 0.6 is 0 Å². The summed E-state index contributed by atoms with van der Waals surface area (Å²) >= 11 is 0. The molecule has 0 atom stereocenters. The lowest BCUT2D eigenvalue weighted by Crippen LogP contribution is -2.39. The second-order valence-corrected chi connectivity index (χ2v) is 4.61. The first-order chi connectivity index (χ1) is 7.80. The third-order valence-electron chi connectivity index (χ3n) is 3.94. The van der Waals surface area contributed by atoms with Gasteiger partial charge in [0, 0.05) is 0 Å². The maximum absolute atomic E-state index is 5.21. The molecule has 1 N–H and O–H groups in total. The zero-order valence-electron chi connectivity index (χ0n) is 10.3. The first kappa shape index (κ1) is 11.5. The quantitative estimate of drug-likeness (QED) is 0.844. The first-order valence-corrected chi connectivity index (χ1v) is 6.16. The van der Waals surface area contributed by atoms with E-state index < -0.39 is 0 Å². The third-order valence-corrected chi connectivity index (χ3v) is 3.94. The number of hydrogen-bond donors (Lipinski definition) is 1. The van der Waals surface area contributed by atoms with Crippen molar-refractivity contribution in [2.75, 3.05) is 20.2 Å². The molecule has 1 aromatic carbocycles. The molecular formula is C14H21NO. The molecule has 0 aromatic heterocycles. The van der Waals surface area contributed by atoms with Gasteiger partial charge >= 0.3 is 0 Å². The number of methoxy groups -OCH3 is 1. The molecule has 88 valence electrons. The van der Waals surface area contributed by atoms with E-state index in [0.717, 1.165) is 18.8 Å². The van der Waals surface area contributed by atoms with Gasteiger partial charge in [0.15, 0.2) is 0 Å². The van der Waals surface area contributed by atoms with Gasteiger partial charge in [0.25, 0.3) is 0 Å². The minimum atomic E-state index is 0.386. The van der Waals surface area contributed by atoms with Crippen molar-refractivity contribution in [2.24, 2.45) is 0 Å². The smallest absolute Gasteiger partial charge is 0.118 e. The van der Waals surface area contributed by atoms with Crippen molar-refractivity contribution in [1.29, 1.82) is 0 Å². The average Bonchev–Trinajstić information content (AvgIpc) is 2.39. The van der Waals surface area contributed by atoms with Gasteiger partial charge in [-0.15, -0.1) is 0 Å². The van der Waals surface area contributed by atoms with Crippen LogP contribution < -0.4 is 10.1 Å². The van der Waals surface area contributed by atoms with Gasteiger partial charge in [-0.2, -0.15) is 0 Å². The molecule has 2 heteroatoms. The Balaban J connectivity index is 2.24. The van der Waals surface area contributed by atoms with Gasteiger partial charge < -0.3 is 10.1 Å². The van der Waals surface area contributed by atoms with Crippen molar-refractivity contribution in [1.82, 2.24) is 5.32 Å². The third kappa shape index (κ3) is 2.07. The van der Waals surface area contributed by atoms with Crippen LogP contribution in [0.2, 0.25) is 0 Å². The van der Waals surface area contributed by atoms with Crippen LogP contribution in [0.1, 0.15) is 31.7 Å². The highest BCUT2D eigenvalue weighted by Gasteiger charge is 2.31. The summed E-state index contributed by atoms with van der Waals surface area (Å²) in [6.45, 7) is 4.58. The average molecular weight is 219 g/mol. The molecule has 0 aliphatic carbocycles. The molecular weight excluding hydrogens is 198 g/mol. The Morgan fingerprint density at radius 2 is 1.81 bits per heavy atom. The number of rotatable bonds is 3. The molecule has 16 heavy (non-hydrogen) atoms. The second-order valence-electron chi connectivity index (χ2n) is 4.61. The molecule has 1 saturated heterocycles. The van der Waals surface area contributed by atoms with E-state index in [1.54, 1.807) is 7.11 Å². The van der Waals surface area contributed by atoms with E-state index in [2.05, 4.69) is 36.5 Å². The van der Waals surface area contributed by atoms with E-state index in [0.29, 0.717) is 5.41 Å². The van der Waals surface area contributed by atoms with Crippen LogP contribution in [-0.2, 0) is 5.41 Å². The summed E-state index contributed by atoms with van der Waals surface area (Å²) in [5.74, 6) is 0.948. The fraction of sp³-hybridized carbons (Fsp3) is 0.571. The van der Waals surface area contributed by atoms with Crippen LogP contribution in [0.3, 0.4) is 0 Å². The van der Waals surface area contributed by atoms with Gasteiger partial charge in [-0.1, -0.05) is 19.1 Å². The zero-order chi connectivity index (χ0) is 11.4. The van der Waals surface area contributed by atoms with E-state index in [-0.39, 0.29) is 0 Å². The van der Waals surface area contributed by atoms with Crippen molar-refractivity contribution in [3.05, 3.63) is 29.8 Å². The number of piperidine rings is 1. The van der Waals surface area contributed by atoms with Crippen LogP contribution in [0, 0.1) is 0 Å². The van der Waals surface area contributed by atoms with E-state index >= 15 is 0 Å². The first-order valence-electron chi connectivity index (χ1n) is 6.16. The Morgan fingerprint density at radius 3 is 2.31 bits per heavy atom. The fourth-order valence-corrected chi connectivity index (χ4v) is 2.70. The summed E-state index contributed by atoms with van der Waals surface area (Å²) in [4.78, 5) is 0. The summed E-state index contributed by atoms with van der Waals surface area (Å²) in [5, 5.41) is 3.44. The van der Waals surface area contributed by atoms with Gasteiger partial charge in [-0.05, 0) is 55.5 Å². The molecule has 1 aliphatic heterocycles. The number of benzene rings is 1. The molecule has 1 fully saturated rings. The summed E-state index contributed by atoms with van der Waals surface area (Å²) in [6, 6.07) is 8.62. The van der Waals surface area contributed by atoms with Crippen molar-refractivity contribution in [3.63, 3.8) is 0 Å². The van der Waals surface area contributed by atoms with Crippen molar-refractivity contribution < 1.29 is 4.74 Å². The van der Waals surface area contributed by atoms with Crippen LogP contribution in [0.15, 0.2) is 24.3 Å². The summed E-state index contributed by atoms with van der Waals surface area (Å²) in [7, 11) is 1.72. The van der Waals surface area contributed by atoms with E-state index in [4.69, 9.17) is 4.74 Å². The largest absolute Gasteiger partial charge is 0.497 e. The van der Waals surface area contributed by atoms with Crippen LogP contribution in [0.5, 0.6) is 5.75 Å². The molecule has 0 amide bonds. The lowest BCUT2D eigenvalue weighted by atomic mass is 9.71. The molecule has 1 aliphatic rings. The fourth-order valence-electron chi connectivity index (χ4n) is 2.70. The molecule has 2 nitrogen and oxygen atoms in total. The predicted octanol–water partition coefficient (Wildman–Crippen LogP) is 2.73. The highest BCUT2D eigenvalue weighted by Crippen LogP contribution is 2.37. The molecule has 0 bridgehead atoms. The van der Waals surface area contributed by atoms with Crippen molar-refractivity contribution in [2.45, 2.75) is 31.6 Å². The zero-order valence-corrected chi connectivity index (χ0v) is 10.3. The number of nitrogens with one attached hydrogen (secondary N) is 1. The van der Waals surface area contributed by atoms with Gasteiger partial charge in [-0.3, -0.25) is 0 Å². The van der Waals surface area contributed by atoms with E-state index in [1.807, 2.05) is 0 Å². The standard InChI is InChI=1S/C14H21NO/c1-3-14(8-10-15-11-9-14)12-4-6-13(16-2)7-5-12/h4-7,15H,3,8-11H2,1-2H3. The minimum Gasteiger partial charge on any atom is -0.497 e. The van der Waals surface area contributed by atoms with Crippen LogP contribution in [0.4, 0.5) is 0 Å². The number of hydrogen-bond acceptors (Lipinski definition) is 2. The molecule has 0 saturated carbocycles. The second kappa shape index (κ2) is 4.88. The molecule has 1 aromatic rings. The van der Waals surface area contributed by atoms with Crippen molar-refractivity contribution >= 4 is 0 Å². The Labute approximate surface area is 98.0 Å². The summed E-state index contributed by atoms with van der Waals surface area (Å²) in [6.07, 6.45) is 3.71. The van der Waals surface area contributed by atoms with Crippen LogP contribution in [-0.4, -0.2) is 20.2 Å². The van der Waals surface area contributed by atoms with Gasteiger partial charge in [-0.25, -0.2) is 0 Å². The van der Waals surface area contributed by atoms with Gasteiger partial charge in [0.1, 0.15) is 5.75 Å². The van der Waals surface area contributed by atoms with Gasteiger partial charge in [0.2, 0.25) is 0 Å². The molecule has 0 spiro atoms. The lowest BCUT2D eigenvalue weighted by molar-refractivity contribution is 0.297. The molecule has 0 radical (unpaired) electrons. The lowest BCUT2D eigenvalue weighted by Gasteiger charge is -2.37. The Bertz CT molecular complexity index is 325. The molecule has 1 heterocycles. The maximum atomic E-state index is 5.21. The Morgan fingerprint density at radius 1 is 1.19 bits per heavy atom. The highest BCUT2D eigenvalue weighted by molar-refractivity contribution is 5.32. The van der Waals surface area contributed by atoms with Crippen molar-refractivity contribution in [3.8, 4) is 5.75 Å². The SMILES string of the molecule is CCC1(c2ccc(OC)cc2)CCNCC1. The minimum absolute atomic E-state index is 0.386. The summed E-state index contributed by atoms with van der Waals surface area (Å²) in [5.41, 5.74) is 1.86. The normalized spacial score (nSPS) is 19.4. The molecule has 2 rings (SSSR count). The van der Waals surface area contributed by atoms with E-state index in [1.165, 1.54) is 24.8 Å². The topological polar surface area (TPSA) is 21.3 Å².